The molecule has 0 bridgehead atoms. The minimum atomic E-state index is 0.172. The molecule has 3 aromatic carbocycles. The fourth-order valence-corrected chi connectivity index (χ4v) is 4.29. The molecule has 1 atom stereocenters. The largest absolute Gasteiger partial charge is 0.496 e. The molecule has 1 unspecified atom stereocenters. The molecule has 1 aliphatic carbocycles. The molecular weight excluding hydrogens is 384 g/mol. The van der Waals surface area contributed by atoms with Crippen molar-refractivity contribution in [2.45, 2.75) is 32.2 Å². The van der Waals surface area contributed by atoms with Crippen LogP contribution in [0.5, 0.6) is 5.75 Å². The van der Waals surface area contributed by atoms with Gasteiger partial charge in [0.2, 0.25) is 0 Å². The van der Waals surface area contributed by atoms with E-state index in [4.69, 9.17) is 15.9 Å². The highest BCUT2D eigenvalue weighted by atomic mass is 16.5. The molecule has 4 rings (SSSR count). The maximum Gasteiger partial charge on any atom is 0.121 e. The molecule has 0 radical (unpaired) electrons. The van der Waals surface area contributed by atoms with E-state index in [2.05, 4.69) is 17.5 Å². The lowest BCUT2D eigenvalue weighted by atomic mass is 9.86. The summed E-state index contributed by atoms with van der Waals surface area (Å²) in [5.74, 6) is 0.801. The number of ether oxygens (including phenoxy) is 1. The van der Waals surface area contributed by atoms with E-state index in [1.54, 1.807) is 7.11 Å². The number of nitrogens with one attached hydrogen (secondary N) is 2. The molecule has 5 heteroatoms. The quantitative estimate of drug-likeness (QED) is 0.390. The SMILES string of the molecule is COc1ccc(C(=N)c2cc(NC3CCCc4cc(C#N)ccc43)ccc2N)cc1C. The minimum Gasteiger partial charge on any atom is -0.496 e. The number of anilines is 2. The van der Waals surface area contributed by atoms with Gasteiger partial charge in [-0.2, -0.15) is 5.26 Å². The molecule has 4 N–H and O–H groups in total. The Labute approximate surface area is 183 Å². The number of nitriles is 1. The van der Waals surface area contributed by atoms with E-state index in [1.807, 2.05) is 55.5 Å². The van der Waals surface area contributed by atoms with Crippen LogP contribution < -0.4 is 15.8 Å². The topological polar surface area (TPSA) is 94.9 Å². The first-order valence-electron chi connectivity index (χ1n) is 10.4. The van der Waals surface area contributed by atoms with Crippen molar-refractivity contribution >= 4 is 17.1 Å². The fraction of sp³-hybridized carbons (Fsp3) is 0.231. The molecule has 0 spiro atoms. The minimum absolute atomic E-state index is 0.172. The Morgan fingerprint density at radius 2 is 2.00 bits per heavy atom. The Hall–Kier alpha value is -3.78. The Bertz CT molecular complexity index is 1190. The van der Waals surface area contributed by atoms with Gasteiger partial charge in [0.25, 0.3) is 0 Å². The summed E-state index contributed by atoms with van der Waals surface area (Å²) < 4.78 is 5.33. The predicted octanol–water partition coefficient (Wildman–Crippen LogP) is 5.36. The van der Waals surface area contributed by atoms with Crippen LogP contribution in [0.3, 0.4) is 0 Å². The molecule has 0 heterocycles. The summed E-state index contributed by atoms with van der Waals surface area (Å²) in [6, 6.07) is 19.8. The van der Waals surface area contributed by atoms with Gasteiger partial charge in [-0.25, -0.2) is 0 Å². The second-order valence-corrected chi connectivity index (χ2v) is 7.98. The van der Waals surface area contributed by atoms with Crippen molar-refractivity contribution in [2.24, 2.45) is 0 Å². The van der Waals surface area contributed by atoms with Crippen LogP contribution in [0.1, 0.15) is 52.3 Å². The van der Waals surface area contributed by atoms with Gasteiger partial charge in [0.1, 0.15) is 5.75 Å². The summed E-state index contributed by atoms with van der Waals surface area (Å²) in [5.41, 5.74) is 13.8. The van der Waals surface area contributed by atoms with E-state index in [9.17, 15) is 5.26 Å². The highest BCUT2D eigenvalue weighted by Crippen LogP contribution is 2.34. The monoisotopic (exact) mass is 410 g/mol. The van der Waals surface area contributed by atoms with Gasteiger partial charge >= 0.3 is 0 Å². The number of rotatable bonds is 5. The summed E-state index contributed by atoms with van der Waals surface area (Å²) in [6.45, 7) is 1.97. The van der Waals surface area contributed by atoms with Gasteiger partial charge in [0, 0.05) is 22.5 Å². The predicted molar refractivity (Wildman–Crippen MR) is 125 cm³/mol. The van der Waals surface area contributed by atoms with Gasteiger partial charge in [0.15, 0.2) is 0 Å². The Morgan fingerprint density at radius 1 is 1.16 bits per heavy atom. The lowest BCUT2D eigenvalue weighted by Gasteiger charge is -2.28. The Kier molecular flexibility index (Phi) is 5.64. The van der Waals surface area contributed by atoms with E-state index < -0.39 is 0 Å². The number of nitrogen functional groups attached to an aromatic ring is 1. The third-order valence-electron chi connectivity index (χ3n) is 5.93. The molecule has 0 saturated heterocycles. The molecule has 31 heavy (non-hydrogen) atoms. The molecule has 0 aromatic heterocycles. The van der Waals surface area contributed by atoms with Crippen molar-refractivity contribution in [3.8, 4) is 11.8 Å². The first-order chi connectivity index (χ1) is 15.0. The van der Waals surface area contributed by atoms with Crippen molar-refractivity contribution in [3.63, 3.8) is 0 Å². The van der Waals surface area contributed by atoms with Crippen LogP contribution in [0.15, 0.2) is 54.6 Å². The van der Waals surface area contributed by atoms with Gasteiger partial charge < -0.3 is 15.8 Å². The van der Waals surface area contributed by atoms with Crippen LogP contribution in [0.25, 0.3) is 0 Å². The zero-order valence-corrected chi connectivity index (χ0v) is 17.8. The molecule has 1 aliphatic rings. The molecule has 0 amide bonds. The average Bonchev–Trinajstić information content (AvgIpc) is 2.79. The average molecular weight is 411 g/mol. The summed E-state index contributed by atoms with van der Waals surface area (Å²) in [4.78, 5) is 0. The van der Waals surface area contributed by atoms with Crippen LogP contribution in [-0.2, 0) is 6.42 Å². The highest BCUT2D eigenvalue weighted by Gasteiger charge is 2.21. The third-order valence-corrected chi connectivity index (χ3v) is 5.93. The van der Waals surface area contributed by atoms with Crippen LogP contribution >= 0.6 is 0 Å². The summed E-state index contributed by atoms with van der Waals surface area (Å²) >= 11 is 0. The summed E-state index contributed by atoms with van der Waals surface area (Å²) in [6.07, 6.45) is 3.09. The Balaban J connectivity index is 1.61. The molecule has 3 aromatic rings. The maximum atomic E-state index is 9.18. The smallest absolute Gasteiger partial charge is 0.121 e. The van der Waals surface area contributed by atoms with Crippen LogP contribution in [0, 0.1) is 23.7 Å². The van der Waals surface area contributed by atoms with Crippen molar-refractivity contribution in [2.75, 3.05) is 18.2 Å². The van der Waals surface area contributed by atoms with Crippen molar-refractivity contribution < 1.29 is 4.74 Å². The zero-order chi connectivity index (χ0) is 22.0. The Morgan fingerprint density at radius 3 is 2.74 bits per heavy atom. The highest BCUT2D eigenvalue weighted by molar-refractivity contribution is 6.14. The van der Waals surface area contributed by atoms with Gasteiger partial charge in [-0.1, -0.05) is 6.07 Å². The van der Waals surface area contributed by atoms with Crippen LogP contribution in [-0.4, -0.2) is 12.8 Å². The number of aryl methyl sites for hydroxylation is 2. The van der Waals surface area contributed by atoms with Crippen LogP contribution in [0.2, 0.25) is 0 Å². The molecular formula is C26H26N4O. The van der Waals surface area contributed by atoms with Gasteiger partial charge in [-0.05, 0) is 91.4 Å². The van der Waals surface area contributed by atoms with E-state index in [0.717, 1.165) is 41.8 Å². The van der Waals surface area contributed by atoms with E-state index in [0.29, 0.717) is 22.5 Å². The second-order valence-electron chi connectivity index (χ2n) is 7.98. The van der Waals surface area contributed by atoms with Crippen molar-refractivity contribution in [1.29, 1.82) is 10.7 Å². The first kappa shape index (κ1) is 20.5. The number of methoxy groups -OCH3 is 1. The van der Waals surface area contributed by atoms with E-state index in [1.165, 1.54) is 11.1 Å². The number of fused-ring (bicyclic) bond motifs is 1. The standard InChI is InChI=1S/C26H26N4O/c1-16-12-19(7-11-25(16)31-2)26(29)22-14-20(8-10-23(22)28)30-24-5-3-4-18-13-17(15-27)6-9-21(18)24/h6-14,24,29-30H,3-5,28H2,1-2H3. The molecule has 0 fully saturated rings. The molecule has 5 nitrogen and oxygen atoms in total. The number of hydrogen-bond donors (Lipinski definition) is 3. The summed E-state index contributed by atoms with van der Waals surface area (Å²) in [7, 11) is 1.64. The maximum absolute atomic E-state index is 9.18. The number of hydrogen-bond acceptors (Lipinski definition) is 5. The zero-order valence-electron chi connectivity index (χ0n) is 17.8. The number of nitrogens with two attached hydrogens (primary N) is 1. The van der Waals surface area contributed by atoms with Crippen molar-refractivity contribution in [1.82, 2.24) is 0 Å². The fourth-order valence-electron chi connectivity index (χ4n) is 4.29. The number of nitrogens with zero attached hydrogens (tertiary/aromatic N) is 1. The molecule has 0 aliphatic heterocycles. The lowest BCUT2D eigenvalue weighted by molar-refractivity contribution is 0.411. The van der Waals surface area contributed by atoms with Gasteiger partial charge in [0.05, 0.1) is 30.5 Å². The third kappa shape index (κ3) is 4.10. The molecule has 156 valence electrons. The lowest BCUT2D eigenvalue weighted by Crippen LogP contribution is -2.18. The first-order valence-corrected chi connectivity index (χ1v) is 10.4. The van der Waals surface area contributed by atoms with Crippen molar-refractivity contribution in [3.05, 3.63) is 88.0 Å². The summed E-state index contributed by atoms with van der Waals surface area (Å²) in [5, 5.41) is 21.5. The second kappa shape index (κ2) is 8.53. The molecule has 0 saturated carbocycles. The van der Waals surface area contributed by atoms with E-state index in [-0.39, 0.29) is 6.04 Å². The normalized spacial score (nSPS) is 14.9. The van der Waals surface area contributed by atoms with E-state index >= 15 is 0 Å². The number of benzene rings is 3. The van der Waals surface area contributed by atoms with Gasteiger partial charge in [-0.15, -0.1) is 0 Å². The van der Waals surface area contributed by atoms with Crippen LogP contribution in [0.4, 0.5) is 11.4 Å². The van der Waals surface area contributed by atoms with Gasteiger partial charge in [-0.3, -0.25) is 5.41 Å².